The van der Waals surface area contributed by atoms with Crippen LogP contribution in [0.15, 0.2) is 60.7 Å². The number of aromatic nitrogens is 2. The fourth-order valence-electron chi connectivity index (χ4n) is 2.37. The quantitative estimate of drug-likeness (QED) is 0.759. The van der Waals surface area contributed by atoms with E-state index < -0.39 is 0 Å². The number of nitrogens with zero attached hydrogens (tertiary/aromatic N) is 3. The summed E-state index contributed by atoms with van der Waals surface area (Å²) >= 11 is 0. The Morgan fingerprint density at radius 1 is 0.958 bits per heavy atom. The maximum absolute atomic E-state index is 5.17. The highest BCUT2D eigenvalue weighted by Gasteiger charge is 2.09. The van der Waals surface area contributed by atoms with Crippen molar-refractivity contribution in [3.05, 3.63) is 66.4 Å². The van der Waals surface area contributed by atoms with Crippen LogP contribution < -0.4 is 15.0 Å². The lowest BCUT2D eigenvalue weighted by Gasteiger charge is -2.19. The van der Waals surface area contributed by atoms with Crippen LogP contribution in [0.5, 0.6) is 5.75 Å². The van der Waals surface area contributed by atoms with Gasteiger partial charge in [-0.2, -0.15) is 4.98 Å². The van der Waals surface area contributed by atoms with Gasteiger partial charge >= 0.3 is 0 Å². The Morgan fingerprint density at radius 3 is 2.33 bits per heavy atom. The van der Waals surface area contributed by atoms with Crippen molar-refractivity contribution in [2.45, 2.75) is 6.92 Å². The van der Waals surface area contributed by atoms with Crippen LogP contribution in [0.25, 0.3) is 0 Å². The van der Waals surface area contributed by atoms with Crippen LogP contribution in [0.3, 0.4) is 0 Å². The van der Waals surface area contributed by atoms with E-state index >= 15 is 0 Å². The van der Waals surface area contributed by atoms with Crippen molar-refractivity contribution in [2.75, 3.05) is 24.4 Å². The molecule has 3 rings (SSSR count). The predicted molar refractivity (Wildman–Crippen MR) is 97.6 cm³/mol. The van der Waals surface area contributed by atoms with Gasteiger partial charge in [-0.15, -0.1) is 0 Å². The molecule has 0 saturated carbocycles. The van der Waals surface area contributed by atoms with Crippen molar-refractivity contribution >= 4 is 23.1 Å². The van der Waals surface area contributed by atoms with E-state index in [4.69, 9.17) is 4.74 Å². The molecule has 0 unspecified atom stereocenters. The van der Waals surface area contributed by atoms with E-state index in [1.807, 2.05) is 79.5 Å². The van der Waals surface area contributed by atoms with Crippen molar-refractivity contribution in [1.82, 2.24) is 9.97 Å². The van der Waals surface area contributed by atoms with E-state index in [9.17, 15) is 0 Å². The lowest BCUT2D eigenvalue weighted by molar-refractivity contribution is 0.415. The lowest BCUT2D eigenvalue weighted by Crippen LogP contribution is -2.13. The molecule has 0 bridgehead atoms. The Bertz CT molecular complexity index is 803. The summed E-state index contributed by atoms with van der Waals surface area (Å²) < 4.78 is 5.17. The average Bonchev–Trinajstić information content (AvgIpc) is 2.62. The van der Waals surface area contributed by atoms with Gasteiger partial charge in [-0.25, -0.2) is 4.98 Å². The van der Waals surface area contributed by atoms with Crippen molar-refractivity contribution in [3.8, 4) is 5.75 Å². The maximum Gasteiger partial charge on any atom is 0.229 e. The first kappa shape index (κ1) is 15.8. The average molecular weight is 320 g/mol. The number of nitrogens with one attached hydrogen (secondary N) is 1. The Hall–Kier alpha value is -3.08. The molecule has 3 aromatic rings. The molecule has 0 amide bonds. The molecule has 2 aromatic carbocycles. The van der Waals surface area contributed by atoms with E-state index in [0.717, 1.165) is 28.6 Å². The van der Waals surface area contributed by atoms with Gasteiger partial charge in [0.25, 0.3) is 0 Å². The molecule has 1 heterocycles. The van der Waals surface area contributed by atoms with E-state index in [2.05, 4.69) is 15.3 Å². The summed E-state index contributed by atoms with van der Waals surface area (Å²) in [6, 6.07) is 19.8. The maximum atomic E-state index is 5.17. The summed E-state index contributed by atoms with van der Waals surface area (Å²) in [6.07, 6.45) is 0. The molecular formula is C19H20N4O. The van der Waals surface area contributed by atoms with Crippen molar-refractivity contribution in [3.63, 3.8) is 0 Å². The van der Waals surface area contributed by atoms with Gasteiger partial charge < -0.3 is 15.0 Å². The molecular weight excluding hydrogens is 300 g/mol. The second-order valence-corrected chi connectivity index (χ2v) is 5.44. The third-order valence-electron chi connectivity index (χ3n) is 3.67. The zero-order valence-corrected chi connectivity index (χ0v) is 14.0. The first-order valence-corrected chi connectivity index (χ1v) is 7.71. The summed E-state index contributed by atoms with van der Waals surface area (Å²) in [5, 5.41) is 3.24. The number of hydrogen-bond donors (Lipinski definition) is 1. The molecule has 0 radical (unpaired) electrons. The van der Waals surface area contributed by atoms with E-state index in [0.29, 0.717) is 5.95 Å². The third-order valence-corrected chi connectivity index (χ3v) is 3.67. The van der Waals surface area contributed by atoms with E-state index in [-0.39, 0.29) is 0 Å². The van der Waals surface area contributed by atoms with Crippen LogP contribution >= 0.6 is 0 Å². The predicted octanol–water partition coefficient (Wildman–Crippen LogP) is 4.31. The van der Waals surface area contributed by atoms with Gasteiger partial charge in [0, 0.05) is 30.2 Å². The summed E-state index contributed by atoms with van der Waals surface area (Å²) in [6.45, 7) is 1.96. The molecule has 0 atom stereocenters. The SMILES string of the molecule is COc1ccc(Nc2nc(C)cc(N(C)c3ccccc3)n2)cc1. The van der Waals surface area contributed by atoms with E-state index in [1.165, 1.54) is 0 Å². The van der Waals surface area contributed by atoms with Gasteiger partial charge in [-0.05, 0) is 43.3 Å². The number of methoxy groups -OCH3 is 1. The Labute approximate surface area is 142 Å². The van der Waals surface area contributed by atoms with Gasteiger partial charge in [0.1, 0.15) is 11.6 Å². The Kier molecular flexibility index (Phi) is 4.61. The Morgan fingerprint density at radius 2 is 1.67 bits per heavy atom. The molecule has 0 aliphatic rings. The van der Waals surface area contributed by atoms with E-state index in [1.54, 1.807) is 7.11 Å². The smallest absolute Gasteiger partial charge is 0.229 e. The monoisotopic (exact) mass is 320 g/mol. The number of ether oxygens (including phenoxy) is 1. The highest BCUT2D eigenvalue weighted by atomic mass is 16.5. The van der Waals surface area contributed by atoms with Crippen molar-refractivity contribution < 1.29 is 4.74 Å². The molecule has 0 aliphatic heterocycles. The molecule has 5 nitrogen and oxygen atoms in total. The summed E-state index contributed by atoms with van der Waals surface area (Å²) in [7, 11) is 3.64. The molecule has 1 N–H and O–H groups in total. The highest BCUT2D eigenvalue weighted by molar-refractivity contribution is 5.62. The second kappa shape index (κ2) is 7.00. The molecule has 0 spiro atoms. The minimum Gasteiger partial charge on any atom is -0.497 e. The molecule has 24 heavy (non-hydrogen) atoms. The van der Waals surface area contributed by atoms with Crippen LogP contribution in [0, 0.1) is 6.92 Å². The minimum absolute atomic E-state index is 0.568. The fourth-order valence-corrected chi connectivity index (χ4v) is 2.37. The molecule has 0 fully saturated rings. The van der Waals surface area contributed by atoms with Crippen LogP contribution in [-0.2, 0) is 0 Å². The first-order chi connectivity index (χ1) is 11.7. The van der Waals surface area contributed by atoms with Crippen molar-refractivity contribution in [1.29, 1.82) is 0 Å². The van der Waals surface area contributed by atoms with Crippen LogP contribution in [0.2, 0.25) is 0 Å². The summed E-state index contributed by atoms with van der Waals surface area (Å²) in [5.41, 5.74) is 2.89. The summed E-state index contributed by atoms with van der Waals surface area (Å²) in [4.78, 5) is 11.1. The largest absolute Gasteiger partial charge is 0.497 e. The third kappa shape index (κ3) is 3.63. The van der Waals surface area contributed by atoms with Gasteiger partial charge in [0.05, 0.1) is 7.11 Å². The number of hydrogen-bond acceptors (Lipinski definition) is 5. The number of para-hydroxylation sites is 1. The van der Waals surface area contributed by atoms with Gasteiger partial charge in [0.2, 0.25) is 5.95 Å². The van der Waals surface area contributed by atoms with Crippen molar-refractivity contribution in [2.24, 2.45) is 0 Å². The molecule has 1 aromatic heterocycles. The number of anilines is 4. The standard InChI is InChI=1S/C19H20N4O/c1-14-13-18(23(2)16-7-5-4-6-8-16)22-19(20-14)21-15-9-11-17(24-3)12-10-15/h4-13H,1-3H3,(H,20,21,22). The highest BCUT2D eigenvalue weighted by Crippen LogP contribution is 2.24. The first-order valence-electron chi connectivity index (χ1n) is 7.71. The lowest BCUT2D eigenvalue weighted by atomic mass is 10.3. The number of benzene rings is 2. The van der Waals surface area contributed by atoms with Gasteiger partial charge in [0.15, 0.2) is 0 Å². The van der Waals surface area contributed by atoms with Crippen LogP contribution in [0.4, 0.5) is 23.1 Å². The van der Waals surface area contributed by atoms with Crippen LogP contribution in [0.1, 0.15) is 5.69 Å². The van der Waals surface area contributed by atoms with Crippen LogP contribution in [-0.4, -0.2) is 24.1 Å². The zero-order chi connectivity index (χ0) is 16.9. The van der Waals surface area contributed by atoms with Gasteiger partial charge in [-0.3, -0.25) is 0 Å². The molecule has 0 saturated heterocycles. The second-order valence-electron chi connectivity index (χ2n) is 5.44. The zero-order valence-electron chi connectivity index (χ0n) is 14.0. The fraction of sp³-hybridized carbons (Fsp3) is 0.158. The summed E-state index contributed by atoms with van der Waals surface area (Å²) in [5.74, 6) is 2.22. The number of rotatable bonds is 5. The topological polar surface area (TPSA) is 50.3 Å². The molecule has 0 aliphatic carbocycles. The van der Waals surface area contributed by atoms with Gasteiger partial charge in [-0.1, -0.05) is 18.2 Å². The minimum atomic E-state index is 0.568. The Balaban J connectivity index is 1.85. The normalized spacial score (nSPS) is 10.3. The molecule has 122 valence electrons. The number of aryl methyl sites for hydroxylation is 1. The molecule has 5 heteroatoms.